The second-order valence-electron chi connectivity index (χ2n) is 4.18. The van der Waals surface area contributed by atoms with Gasteiger partial charge in [0.25, 0.3) is 5.56 Å². The molecule has 5 heteroatoms. The van der Waals surface area contributed by atoms with Gasteiger partial charge in [0.05, 0.1) is 5.54 Å². The lowest BCUT2D eigenvalue weighted by Crippen LogP contribution is -2.51. The summed E-state index contributed by atoms with van der Waals surface area (Å²) in [5, 5.41) is 3.27. The van der Waals surface area contributed by atoms with Crippen LogP contribution >= 0.6 is 0 Å². The number of aryl methyl sites for hydroxylation is 1. The number of hydrogen-bond acceptors (Lipinski definition) is 4. The molecule has 0 saturated heterocycles. The Morgan fingerprint density at radius 1 is 1.67 bits per heavy atom. The quantitative estimate of drug-likeness (QED) is 0.670. The normalized spacial score (nSPS) is 18.3. The third-order valence-corrected chi connectivity index (χ3v) is 2.95. The van der Waals surface area contributed by atoms with E-state index in [0.717, 1.165) is 12.8 Å². The molecule has 0 spiro atoms. The van der Waals surface area contributed by atoms with Crippen molar-refractivity contribution in [2.45, 2.75) is 31.7 Å². The number of aromatic amines is 1. The molecule has 4 N–H and O–H groups in total. The van der Waals surface area contributed by atoms with Crippen LogP contribution < -0.4 is 16.6 Å². The van der Waals surface area contributed by atoms with E-state index in [1.54, 1.807) is 6.92 Å². The maximum atomic E-state index is 11.2. The van der Waals surface area contributed by atoms with Crippen molar-refractivity contribution in [1.82, 2.24) is 9.97 Å². The summed E-state index contributed by atoms with van der Waals surface area (Å²) in [6.45, 7) is 2.35. The van der Waals surface area contributed by atoms with Crippen molar-refractivity contribution in [2.24, 2.45) is 5.73 Å². The van der Waals surface area contributed by atoms with Gasteiger partial charge in [0.2, 0.25) is 0 Å². The Hall–Kier alpha value is -1.36. The van der Waals surface area contributed by atoms with Gasteiger partial charge >= 0.3 is 0 Å². The van der Waals surface area contributed by atoms with Crippen LogP contribution in [0.1, 0.15) is 25.1 Å². The number of nitrogens with zero attached hydrogens (tertiary/aromatic N) is 1. The van der Waals surface area contributed by atoms with Gasteiger partial charge in [0.15, 0.2) is 0 Å². The van der Waals surface area contributed by atoms with Crippen LogP contribution in [-0.4, -0.2) is 22.1 Å². The Morgan fingerprint density at radius 3 is 2.87 bits per heavy atom. The van der Waals surface area contributed by atoms with Gasteiger partial charge in [0, 0.05) is 12.6 Å². The first-order valence-electron chi connectivity index (χ1n) is 5.20. The van der Waals surface area contributed by atoms with Crippen LogP contribution in [0.15, 0.2) is 10.9 Å². The van der Waals surface area contributed by atoms with Crippen LogP contribution in [0.2, 0.25) is 0 Å². The standard InChI is InChI=1S/C10H16N4O/c1-7-12-8(5-9(15)13-7)14-10(6-11)3-2-4-10/h5H,2-4,6,11H2,1H3,(H2,12,13,14,15). The summed E-state index contributed by atoms with van der Waals surface area (Å²) in [5.41, 5.74) is 5.55. The molecule has 15 heavy (non-hydrogen) atoms. The summed E-state index contributed by atoms with van der Waals surface area (Å²) in [6.07, 6.45) is 3.29. The number of rotatable bonds is 3. The van der Waals surface area contributed by atoms with E-state index in [4.69, 9.17) is 5.73 Å². The third kappa shape index (κ3) is 2.02. The Bertz CT molecular complexity index is 403. The number of hydrogen-bond donors (Lipinski definition) is 3. The second-order valence-corrected chi connectivity index (χ2v) is 4.18. The smallest absolute Gasteiger partial charge is 0.252 e. The third-order valence-electron chi connectivity index (χ3n) is 2.95. The molecular formula is C10H16N4O. The first kappa shape index (κ1) is 10.2. The van der Waals surface area contributed by atoms with Gasteiger partial charge < -0.3 is 16.0 Å². The van der Waals surface area contributed by atoms with E-state index in [1.165, 1.54) is 12.5 Å². The highest BCUT2D eigenvalue weighted by atomic mass is 16.1. The Kier molecular flexibility index (Phi) is 2.48. The Labute approximate surface area is 88.1 Å². The summed E-state index contributed by atoms with van der Waals surface area (Å²) < 4.78 is 0. The molecule has 1 aromatic heterocycles. The summed E-state index contributed by atoms with van der Waals surface area (Å²) in [6, 6.07) is 1.47. The van der Waals surface area contributed by atoms with Crippen molar-refractivity contribution in [3.05, 3.63) is 22.2 Å². The van der Waals surface area contributed by atoms with E-state index >= 15 is 0 Å². The lowest BCUT2D eigenvalue weighted by Gasteiger charge is -2.42. The average Bonchev–Trinajstić information content (AvgIpc) is 2.10. The van der Waals surface area contributed by atoms with Crippen LogP contribution in [-0.2, 0) is 0 Å². The van der Waals surface area contributed by atoms with E-state index in [9.17, 15) is 4.79 Å². The van der Waals surface area contributed by atoms with Crippen LogP contribution in [0.3, 0.4) is 0 Å². The molecule has 0 atom stereocenters. The monoisotopic (exact) mass is 208 g/mol. The predicted octanol–water partition coefficient (Wildman–Crippen LogP) is 0.372. The molecule has 1 aromatic rings. The maximum absolute atomic E-state index is 11.2. The molecule has 0 radical (unpaired) electrons. The van der Waals surface area contributed by atoms with E-state index in [0.29, 0.717) is 18.2 Å². The van der Waals surface area contributed by atoms with Gasteiger partial charge in [-0.1, -0.05) is 0 Å². The highest BCUT2D eigenvalue weighted by Crippen LogP contribution is 2.33. The van der Waals surface area contributed by atoms with Crippen molar-refractivity contribution < 1.29 is 0 Å². The summed E-state index contributed by atoms with van der Waals surface area (Å²) in [5.74, 6) is 1.25. The molecule has 1 heterocycles. The van der Waals surface area contributed by atoms with E-state index in [-0.39, 0.29) is 11.1 Å². The minimum absolute atomic E-state index is 0.0345. The lowest BCUT2D eigenvalue weighted by atomic mass is 9.77. The van der Waals surface area contributed by atoms with Gasteiger partial charge in [-0.15, -0.1) is 0 Å². The van der Waals surface area contributed by atoms with Crippen molar-refractivity contribution in [1.29, 1.82) is 0 Å². The fourth-order valence-electron chi connectivity index (χ4n) is 1.90. The van der Waals surface area contributed by atoms with E-state index in [2.05, 4.69) is 15.3 Å². The number of nitrogens with two attached hydrogens (primary N) is 1. The molecular weight excluding hydrogens is 192 g/mol. The van der Waals surface area contributed by atoms with Gasteiger partial charge in [-0.05, 0) is 26.2 Å². The van der Waals surface area contributed by atoms with Crippen LogP contribution in [0.4, 0.5) is 5.82 Å². The minimum atomic E-state index is -0.128. The highest BCUT2D eigenvalue weighted by molar-refractivity contribution is 5.38. The zero-order valence-corrected chi connectivity index (χ0v) is 8.84. The molecule has 1 fully saturated rings. The van der Waals surface area contributed by atoms with Crippen molar-refractivity contribution in [3.63, 3.8) is 0 Å². The first-order valence-corrected chi connectivity index (χ1v) is 5.20. The molecule has 0 amide bonds. The highest BCUT2D eigenvalue weighted by Gasteiger charge is 2.35. The van der Waals surface area contributed by atoms with Gasteiger partial charge in [0.1, 0.15) is 11.6 Å². The fourth-order valence-corrected chi connectivity index (χ4v) is 1.90. The Balaban J connectivity index is 2.20. The van der Waals surface area contributed by atoms with Gasteiger partial charge in [-0.25, -0.2) is 4.98 Å². The van der Waals surface area contributed by atoms with Crippen molar-refractivity contribution >= 4 is 5.82 Å². The van der Waals surface area contributed by atoms with Crippen molar-refractivity contribution in [2.75, 3.05) is 11.9 Å². The molecule has 0 aromatic carbocycles. The van der Waals surface area contributed by atoms with Crippen LogP contribution in [0, 0.1) is 6.92 Å². The van der Waals surface area contributed by atoms with E-state index < -0.39 is 0 Å². The molecule has 1 saturated carbocycles. The van der Waals surface area contributed by atoms with E-state index in [1.807, 2.05) is 0 Å². The summed E-state index contributed by atoms with van der Waals surface area (Å²) >= 11 is 0. The van der Waals surface area contributed by atoms with Gasteiger partial charge in [-0.3, -0.25) is 4.79 Å². The number of H-pyrrole nitrogens is 1. The number of anilines is 1. The molecule has 0 bridgehead atoms. The largest absolute Gasteiger partial charge is 0.363 e. The Morgan fingerprint density at radius 2 is 2.40 bits per heavy atom. The topological polar surface area (TPSA) is 83.8 Å². The molecule has 0 unspecified atom stereocenters. The summed E-state index contributed by atoms with van der Waals surface area (Å²) in [7, 11) is 0. The average molecular weight is 208 g/mol. The molecule has 1 aliphatic rings. The zero-order chi connectivity index (χ0) is 10.9. The van der Waals surface area contributed by atoms with Gasteiger partial charge in [-0.2, -0.15) is 0 Å². The molecule has 0 aliphatic heterocycles. The van der Waals surface area contributed by atoms with Crippen LogP contribution in [0.5, 0.6) is 0 Å². The van der Waals surface area contributed by atoms with Crippen LogP contribution in [0.25, 0.3) is 0 Å². The number of nitrogens with one attached hydrogen (secondary N) is 2. The molecule has 1 aliphatic carbocycles. The van der Waals surface area contributed by atoms with Crippen molar-refractivity contribution in [3.8, 4) is 0 Å². The first-order chi connectivity index (χ1) is 7.13. The predicted molar refractivity (Wildman–Crippen MR) is 58.9 cm³/mol. The molecule has 5 nitrogen and oxygen atoms in total. The maximum Gasteiger partial charge on any atom is 0.252 e. The zero-order valence-electron chi connectivity index (χ0n) is 8.84. The minimum Gasteiger partial charge on any atom is -0.363 e. The molecule has 2 rings (SSSR count). The SMILES string of the molecule is Cc1nc(NC2(CN)CCC2)cc(=O)[nH]1. The number of aromatic nitrogens is 2. The lowest BCUT2D eigenvalue weighted by molar-refractivity contribution is 0.286. The summed E-state index contributed by atoms with van der Waals surface area (Å²) in [4.78, 5) is 18.1. The molecule has 82 valence electrons. The fraction of sp³-hybridized carbons (Fsp3) is 0.600. The second kappa shape index (κ2) is 3.66.